The number of halogens is 3. The van der Waals surface area contributed by atoms with Crippen molar-refractivity contribution in [1.82, 2.24) is 35.0 Å². The monoisotopic (exact) mass is 805 g/mol. The maximum atomic E-state index is 15.4. The second kappa shape index (κ2) is 18.0. The molecular formula is C44H58F3N7O4. The van der Waals surface area contributed by atoms with Gasteiger partial charge in [0.15, 0.2) is 5.82 Å². The maximum absolute atomic E-state index is 15.4. The Labute approximate surface area is 338 Å². The van der Waals surface area contributed by atoms with Crippen molar-refractivity contribution in [2.24, 2.45) is 17.8 Å². The fourth-order valence-electron chi connectivity index (χ4n) is 8.59. The summed E-state index contributed by atoms with van der Waals surface area (Å²) in [5.74, 6) is -2.24. The Hall–Kier alpha value is -4.72. The summed E-state index contributed by atoms with van der Waals surface area (Å²) >= 11 is 0. The molecule has 0 bridgehead atoms. The van der Waals surface area contributed by atoms with Crippen molar-refractivity contribution < 1.29 is 32.3 Å². The SMILES string of the molecule is CCC(C)C(=O)NC(C(=O)N1CC(F)CC1Cn1c(-c2[nH]c3cc(F)ccc3c2CC2CCCN2C(=O)C(CC)CC(=O)C(C)NC)nc2cc(F)ccc21)C(C)C. The minimum absolute atomic E-state index is 0.0214. The number of carbonyl (C=O) groups is 4. The van der Waals surface area contributed by atoms with E-state index in [9.17, 15) is 28.0 Å². The molecule has 2 aromatic heterocycles. The average molecular weight is 806 g/mol. The predicted molar refractivity (Wildman–Crippen MR) is 219 cm³/mol. The zero-order chi connectivity index (χ0) is 42.0. The molecule has 314 valence electrons. The van der Waals surface area contributed by atoms with Gasteiger partial charge >= 0.3 is 0 Å². The summed E-state index contributed by atoms with van der Waals surface area (Å²) in [4.78, 5) is 65.9. The van der Waals surface area contributed by atoms with E-state index in [1.165, 1.54) is 29.2 Å². The number of aromatic amines is 1. The van der Waals surface area contributed by atoms with Crippen molar-refractivity contribution in [1.29, 1.82) is 0 Å². The highest BCUT2D eigenvalue weighted by Gasteiger charge is 2.41. The second-order valence-corrected chi connectivity index (χ2v) is 16.7. The fraction of sp³-hybridized carbons (Fsp3) is 0.568. The van der Waals surface area contributed by atoms with Gasteiger partial charge in [-0.05, 0) is 87.9 Å². The minimum Gasteiger partial charge on any atom is -0.352 e. The van der Waals surface area contributed by atoms with Crippen molar-refractivity contribution in [2.45, 2.75) is 123 Å². The number of nitrogens with one attached hydrogen (secondary N) is 3. The van der Waals surface area contributed by atoms with Crippen molar-refractivity contribution >= 4 is 45.4 Å². The third-order valence-corrected chi connectivity index (χ3v) is 12.4. The molecule has 0 saturated carbocycles. The second-order valence-electron chi connectivity index (χ2n) is 16.7. The molecule has 2 saturated heterocycles. The number of hydrogen-bond acceptors (Lipinski definition) is 6. The van der Waals surface area contributed by atoms with Gasteiger partial charge in [0.25, 0.3) is 0 Å². The molecule has 3 N–H and O–H groups in total. The highest BCUT2D eigenvalue weighted by Crippen LogP contribution is 2.37. The molecule has 4 aromatic rings. The number of hydrogen-bond donors (Lipinski definition) is 3. The van der Waals surface area contributed by atoms with Gasteiger partial charge < -0.3 is 30.0 Å². The number of likely N-dealkylation sites (tertiary alicyclic amines) is 2. The Kier molecular flexibility index (Phi) is 13.3. The van der Waals surface area contributed by atoms with E-state index in [0.717, 1.165) is 23.8 Å². The fourth-order valence-corrected chi connectivity index (χ4v) is 8.59. The summed E-state index contributed by atoms with van der Waals surface area (Å²) < 4.78 is 46.9. The Balaban J connectivity index is 1.39. The highest BCUT2D eigenvalue weighted by atomic mass is 19.1. The van der Waals surface area contributed by atoms with Crippen LogP contribution >= 0.6 is 0 Å². The predicted octanol–water partition coefficient (Wildman–Crippen LogP) is 6.72. The first-order valence-corrected chi connectivity index (χ1v) is 20.9. The van der Waals surface area contributed by atoms with E-state index >= 15 is 4.39 Å². The number of aromatic nitrogens is 3. The largest absolute Gasteiger partial charge is 0.352 e. The summed E-state index contributed by atoms with van der Waals surface area (Å²) in [5.41, 5.74) is 2.77. The molecule has 0 radical (unpaired) electrons. The number of H-pyrrole nitrogens is 1. The molecule has 0 spiro atoms. The van der Waals surface area contributed by atoms with Crippen molar-refractivity contribution in [3.63, 3.8) is 0 Å². The van der Waals surface area contributed by atoms with Crippen LogP contribution < -0.4 is 10.6 Å². The Morgan fingerprint density at radius 2 is 1.67 bits per heavy atom. The van der Waals surface area contributed by atoms with Crippen LogP contribution in [0.2, 0.25) is 0 Å². The first kappa shape index (κ1) is 42.9. The van der Waals surface area contributed by atoms with E-state index in [1.54, 1.807) is 33.0 Å². The van der Waals surface area contributed by atoms with Gasteiger partial charge in [-0.25, -0.2) is 18.2 Å². The molecule has 2 aliphatic heterocycles. The number of fused-ring (bicyclic) bond motifs is 2. The summed E-state index contributed by atoms with van der Waals surface area (Å²) in [6.07, 6.45) is 1.91. The average Bonchev–Trinajstić information content (AvgIpc) is 3.98. The van der Waals surface area contributed by atoms with Crippen molar-refractivity contribution in [3.8, 4) is 11.5 Å². The van der Waals surface area contributed by atoms with Gasteiger partial charge in [-0.15, -0.1) is 0 Å². The molecule has 4 heterocycles. The van der Waals surface area contributed by atoms with Crippen molar-refractivity contribution in [3.05, 3.63) is 53.6 Å². The zero-order valence-electron chi connectivity index (χ0n) is 34.7. The minimum atomic E-state index is -1.30. The summed E-state index contributed by atoms with van der Waals surface area (Å²) in [7, 11) is 1.72. The van der Waals surface area contributed by atoms with Gasteiger partial charge in [0.2, 0.25) is 17.7 Å². The van der Waals surface area contributed by atoms with Crippen LogP contribution in [-0.2, 0) is 32.1 Å². The summed E-state index contributed by atoms with van der Waals surface area (Å²) in [6.45, 7) is 11.6. The molecule has 3 amide bonds. The van der Waals surface area contributed by atoms with Crippen LogP contribution in [0.1, 0.15) is 85.6 Å². The van der Waals surface area contributed by atoms with Crippen LogP contribution in [0.5, 0.6) is 0 Å². The molecule has 2 aromatic carbocycles. The number of benzene rings is 2. The van der Waals surface area contributed by atoms with Gasteiger partial charge in [0.1, 0.15) is 29.6 Å². The number of Topliss-reactive ketones (excluding diaryl/α,β-unsaturated/α-hetero) is 1. The topological polar surface area (TPSA) is 132 Å². The van der Waals surface area contributed by atoms with E-state index in [2.05, 4.69) is 15.6 Å². The molecule has 14 heteroatoms. The first-order chi connectivity index (χ1) is 27.6. The van der Waals surface area contributed by atoms with Gasteiger partial charge in [0, 0.05) is 60.8 Å². The summed E-state index contributed by atoms with van der Waals surface area (Å²) in [6, 6.07) is 6.68. The number of imidazole rings is 1. The van der Waals surface area contributed by atoms with Gasteiger partial charge in [-0.3, -0.25) is 19.2 Å². The standard InChI is InChI=1S/C44H58F3N7O4/c1-8-25(5)42(56)51-39(24(3)4)44(58)53-22-30(47)18-32(53)23-54-37-15-13-29(46)20-36(37)50-41(54)40-34(33-14-12-28(45)19-35(33)49-40)21-31-11-10-16-52(31)43(57)27(9-2)17-38(55)26(6)48-7/h12-15,19-20,24-27,30-32,39,48-49H,8-11,16-18,21-23H2,1-7H3,(H,51,56). The van der Waals surface area contributed by atoms with Crippen LogP contribution in [0.3, 0.4) is 0 Å². The van der Waals surface area contributed by atoms with E-state index < -0.39 is 35.8 Å². The van der Waals surface area contributed by atoms with E-state index in [1.807, 2.05) is 37.2 Å². The first-order valence-electron chi connectivity index (χ1n) is 20.9. The quantitative estimate of drug-likeness (QED) is 0.115. The van der Waals surface area contributed by atoms with E-state index in [0.29, 0.717) is 53.9 Å². The van der Waals surface area contributed by atoms with E-state index in [4.69, 9.17) is 4.98 Å². The van der Waals surface area contributed by atoms with Crippen LogP contribution in [0.25, 0.3) is 33.5 Å². The zero-order valence-corrected chi connectivity index (χ0v) is 34.7. The Morgan fingerprint density at radius 1 is 0.948 bits per heavy atom. The Morgan fingerprint density at radius 3 is 2.36 bits per heavy atom. The third-order valence-electron chi connectivity index (χ3n) is 12.4. The number of nitrogens with zero attached hydrogens (tertiary/aromatic N) is 4. The highest BCUT2D eigenvalue weighted by molar-refractivity contribution is 5.93. The lowest BCUT2D eigenvalue weighted by atomic mass is 9.94. The van der Waals surface area contributed by atoms with E-state index in [-0.39, 0.29) is 73.4 Å². The molecule has 6 rings (SSSR count). The maximum Gasteiger partial charge on any atom is 0.245 e. The Bertz CT molecular complexity index is 2150. The lowest BCUT2D eigenvalue weighted by Crippen LogP contribution is -2.54. The lowest BCUT2D eigenvalue weighted by molar-refractivity contribution is -0.139. The molecule has 2 fully saturated rings. The van der Waals surface area contributed by atoms with Gasteiger partial charge in [-0.1, -0.05) is 34.6 Å². The molecule has 7 atom stereocenters. The number of likely N-dealkylation sites (N-methyl/N-ethyl adjacent to an activating group) is 1. The number of ketones is 1. The number of carbonyl (C=O) groups excluding carboxylic acids is 4. The van der Waals surface area contributed by atoms with Crippen LogP contribution in [-0.4, -0.2) is 98.3 Å². The molecule has 11 nitrogen and oxygen atoms in total. The normalized spacial score (nSPS) is 20.6. The van der Waals surface area contributed by atoms with Crippen LogP contribution in [0.4, 0.5) is 13.2 Å². The molecule has 2 aliphatic rings. The third kappa shape index (κ3) is 8.81. The van der Waals surface area contributed by atoms with Crippen molar-refractivity contribution in [2.75, 3.05) is 20.1 Å². The number of alkyl halides is 1. The summed E-state index contributed by atoms with van der Waals surface area (Å²) in [5, 5.41) is 6.62. The van der Waals surface area contributed by atoms with Gasteiger partial charge in [0.05, 0.1) is 35.4 Å². The number of rotatable bonds is 16. The van der Waals surface area contributed by atoms with Gasteiger partial charge in [-0.2, -0.15) is 0 Å². The smallest absolute Gasteiger partial charge is 0.245 e. The van der Waals surface area contributed by atoms with Crippen LogP contribution in [0.15, 0.2) is 36.4 Å². The molecule has 7 unspecified atom stereocenters. The number of amides is 3. The molecule has 58 heavy (non-hydrogen) atoms. The van der Waals surface area contributed by atoms with Crippen LogP contribution in [0, 0.1) is 29.4 Å². The molecule has 0 aliphatic carbocycles. The molecular weight excluding hydrogens is 748 g/mol. The lowest BCUT2D eigenvalue weighted by Gasteiger charge is -2.32.